The molecule has 0 radical (unpaired) electrons. The average molecular weight is 549 g/mol. The van der Waals surface area contributed by atoms with Crippen LogP contribution in [0.5, 0.6) is 0 Å². The van der Waals surface area contributed by atoms with Gasteiger partial charge >= 0.3 is 0 Å². The summed E-state index contributed by atoms with van der Waals surface area (Å²) in [7, 11) is 0. The standard InChI is InChI=1S/C40H68/c1-31(19-13-21-33(3)25-27-37-35(5)23-15-29-39(37,7)8)17-11-12-18-32(2)20-14-22-34(4)26-28-38-36(6)24-16-30-40(38,9)10/h11-14,19-20,23,31-34,37H,15-18,21-22,24-30H2,1-10H3/b12-11+,19-13+,20-14+. The molecule has 0 amide bonds. The fourth-order valence-corrected chi connectivity index (χ4v) is 7.39. The summed E-state index contributed by atoms with van der Waals surface area (Å²) in [5.74, 6) is 3.58. The zero-order chi connectivity index (χ0) is 29.8. The highest BCUT2D eigenvalue weighted by atomic mass is 14.4. The SMILES string of the molecule is CC1=CCCC(C)(C)C1CCC(C)C/C=C/C(C)C/C=C/CC(C)/C=C/CC(C)CCC1=C(C)CCCC1(C)C. The summed E-state index contributed by atoms with van der Waals surface area (Å²) in [5.41, 5.74) is 5.98. The van der Waals surface area contributed by atoms with Crippen LogP contribution in [0.25, 0.3) is 0 Å². The van der Waals surface area contributed by atoms with Gasteiger partial charge in [0.15, 0.2) is 0 Å². The highest BCUT2D eigenvalue weighted by Gasteiger charge is 2.32. The van der Waals surface area contributed by atoms with Crippen molar-refractivity contribution in [1.82, 2.24) is 0 Å². The van der Waals surface area contributed by atoms with Gasteiger partial charge in [-0.1, -0.05) is 115 Å². The van der Waals surface area contributed by atoms with Crippen molar-refractivity contribution in [2.75, 3.05) is 0 Å². The largest absolute Gasteiger partial charge is 0.0880 e. The first-order chi connectivity index (χ1) is 18.8. The van der Waals surface area contributed by atoms with Crippen molar-refractivity contribution in [2.45, 2.75) is 153 Å². The maximum Gasteiger partial charge on any atom is -0.0142 e. The van der Waals surface area contributed by atoms with Gasteiger partial charge in [-0.2, -0.15) is 0 Å². The third-order valence-corrected chi connectivity index (χ3v) is 10.5. The molecule has 2 rings (SSSR count). The normalized spacial score (nSPS) is 24.6. The third-order valence-electron chi connectivity index (χ3n) is 10.5. The smallest absolute Gasteiger partial charge is 0.0142 e. The van der Waals surface area contributed by atoms with Crippen LogP contribution in [-0.4, -0.2) is 0 Å². The van der Waals surface area contributed by atoms with Gasteiger partial charge in [0.05, 0.1) is 0 Å². The predicted molar refractivity (Wildman–Crippen MR) is 182 cm³/mol. The molecule has 0 saturated heterocycles. The minimum absolute atomic E-state index is 0.424. The minimum Gasteiger partial charge on any atom is -0.0880 e. The summed E-state index contributed by atoms with van der Waals surface area (Å²) in [6, 6.07) is 0. The topological polar surface area (TPSA) is 0 Å². The quantitative estimate of drug-likeness (QED) is 0.168. The molecule has 0 heteroatoms. The lowest BCUT2D eigenvalue weighted by Crippen LogP contribution is -2.28. The zero-order valence-electron chi connectivity index (χ0n) is 28.6. The molecule has 40 heavy (non-hydrogen) atoms. The van der Waals surface area contributed by atoms with E-state index in [-0.39, 0.29) is 0 Å². The fourth-order valence-electron chi connectivity index (χ4n) is 7.39. The second-order valence-electron chi connectivity index (χ2n) is 15.6. The van der Waals surface area contributed by atoms with E-state index in [4.69, 9.17) is 0 Å². The molecule has 0 fully saturated rings. The fraction of sp³-hybridized carbons (Fsp3) is 0.750. The summed E-state index contributed by atoms with van der Waals surface area (Å²) in [6.45, 7) is 24.2. The van der Waals surface area contributed by atoms with Crippen molar-refractivity contribution in [3.8, 4) is 0 Å². The monoisotopic (exact) mass is 549 g/mol. The van der Waals surface area contributed by atoms with Crippen LogP contribution in [0.3, 0.4) is 0 Å². The molecule has 0 nitrogen and oxygen atoms in total. The molecular formula is C40H68. The Morgan fingerprint density at radius 2 is 1.35 bits per heavy atom. The van der Waals surface area contributed by atoms with E-state index in [1.54, 1.807) is 16.7 Å². The molecule has 228 valence electrons. The molecule has 2 aliphatic rings. The molecule has 2 aliphatic carbocycles. The summed E-state index contributed by atoms with van der Waals surface area (Å²) < 4.78 is 0. The van der Waals surface area contributed by atoms with E-state index in [0.29, 0.717) is 22.7 Å². The lowest BCUT2D eigenvalue weighted by molar-refractivity contribution is 0.194. The Labute approximate surface area is 252 Å². The van der Waals surface area contributed by atoms with Crippen LogP contribution in [0, 0.1) is 40.4 Å². The van der Waals surface area contributed by atoms with E-state index in [1.165, 1.54) is 70.6 Å². The molecule has 5 unspecified atom stereocenters. The molecule has 5 atom stereocenters. The lowest BCUT2D eigenvalue weighted by atomic mass is 9.66. The molecule has 0 aromatic heterocycles. The summed E-state index contributed by atoms with van der Waals surface area (Å²) in [5, 5.41) is 0. The number of hydrogen-bond acceptors (Lipinski definition) is 0. The molecule has 0 heterocycles. The number of rotatable bonds is 16. The van der Waals surface area contributed by atoms with Gasteiger partial charge in [-0.25, -0.2) is 0 Å². The second-order valence-corrected chi connectivity index (χ2v) is 15.6. The minimum atomic E-state index is 0.424. The van der Waals surface area contributed by atoms with Gasteiger partial charge in [-0.15, -0.1) is 0 Å². The highest BCUT2D eigenvalue weighted by Crippen LogP contribution is 2.44. The molecule has 0 N–H and O–H groups in total. The Bertz CT molecular complexity index is 885. The van der Waals surface area contributed by atoms with Crippen LogP contribution < -0.4 is 0 Å². The molecule has 0 bridgehead atoms. The second kappa shape index (κ2) is 17.0. The van der Waals surface area contributed by atoms with E-state index >= 15 is 0 Å². The van der Waals surface area contributed by atoms with E-state index in [2.05, 4.69) is 112 Å². The average Bonchev–Trinajstić information content (AvgIpc) is 2.85. The van der Waals surface area contributed by atoms with Gasteiger partial charge in [0.25, 0.3) is 0 Å². The molecule has 0 saturated carbocycles. The van der Waals surface area contributed by atoms with Crippen molar-refractivity contribution in [2.24, 2.45) is 40.4 Å². The van der Waals surface area contributed by atoms with Gasteiger partial charge in [0.1, 0.15) is 0 Å². The van der Waals surface area contributed by atoms with Crippen molar-refractivity contribution < 1.29 is 0 Å². The maximum atomic E-state index is 2.49. The Morgan fingerprint density at radius 1 is 0.775 bits per heavy atom. The number of allylic oxidation sites excluding steroid dienone is 10. The van der Waals surface area contributed by atoms with Gasteiger partial charge < -0.3 is 0 Å². The van der Waals surface area contributed by atoms with E-state index in [0.717, 1.165) is 30.6 Å². The summed E-state index contributed by atoms with van der Waals surface area (Å²) >= 11 is 0. The third kappa shape index (κ3) is 12.3. The van der Waals surface area contributed by atoms with Crippen LogP contribution >= 0.6 is 0 Å². The van der Waals surface area contributed by atoms with Gasteiger partial charge in [-0.05, 0) is 138 Å². The van der Waals surface area contributed by atoms with Crippen LogP contribution in [0.4, 0.5) is 0 Å². The van der Waals surface area contributed by atoms with Crippen LogP contribution in [0.1, 0.15) is 153 Å². The zero-order valence-corrected chi connectivity index (χ0v) is 28.6. The van der Waals surface area contributed by atoms with Gasteiger partial charge in [0, 0.05) is 0 Å². The van der Waals surface area contributed by atoms with E-state index in [1.807, 2.05) is 0 Å². The first-order valence-electron chi connectivity index (χ1n) is 17.2. The van der Waals surface area contributed by atoms with Gasteiger partial charge in [0.2, 0.25) is 0 Å². The predicted octanol–water partition coefficient (Wildman–Crippen LogP) is 13.2. The lowest BCUT2D eigenvalue weighted by Gasteiger charge is -2.39. The molecule has 0 aromatic rings. The van der Waals surface area contributed by atoms with Crippen LogP contribution in [0.2, 0.25) is 0 Å². The Hall–Kier alpha value is -1.30. The maximum absolute atomic E-state index is 2.49. The summed E-state index contributed by atoms with van der Waals surface area (Å²) in [6.07, 6.45) is 33.9. The van der Waals surface area contributed by atoms with Gasteiger partial charge in [-0.3, -0.25) is 0 Å². The van der Waals surface area contributed by atoms with Crippen molar-refractivity contribution in [3.05, 3.63) is 59.3 Å². The summed E-state index contributed by atoms with van der Waals surface area (Å²) in [4.78, 5) is 0. The van der Waals surface area contributed by atoms with Crippen molar-refractivity contribution in [3.63, 3.8) is 0 Å². The molecular weight excluding hydrogens is 480 g/mol. The van der Waals surface area contributed by atoms with Crippen molar-refractivity contribution >= 4 is 0 Å². The highest BCUT2D eigenvalue weighted by molar-refractivity contribution is 5.22. The first-order valence-corrected chi connectivity index (χ1v) is 17.2. The van der Waals surface area contributed by atoms with Crippen LogP contribution in [0.15, 0.2) is 59.3 Å². The molecule has 0 spiro atoms. The Balaban J connectivity index is 1.60. The van der Waals surface area contributed by atoms with Crippen LogP contribution in [-0.2, 0) is 0 Å². The number of hydrogen-bond donors (Lipinski definition) is 0. The van der Waals surface area contributed by atoms with E-state index < -0.39 is 0 Å². The molecule has 0 aromatic carbocycles. The Kier molecular flexibility index (Phi) is 14.8. The van der Waals surface area contributed by atoms with Crippen molar-refractivity contribution in [1.29, 1.82) is 0 Å². The molecule has 0 aliphatic heterocycles. The Morgan fingerprint density at radius 3 is 1.90 bits per heavy atom. The first kappa shape index (κ1) is 34.9. The van der Waals surface area contributed by atoms with E-state index in [9.17, 15) is 0 Å².